The van der Waals surface area contributed by atoms with Crippen LogP contribution in [0.1, 0.15) is 41.5 Å². The zero-order valence-electron chi connectivity index (χ0n) is 12.5. The molecule has 0 radical (unpaired) electrons. The van der Waals surface area contributed by atoms with Crippen LogP contribution in [-0.2, 0) is 14.3 Å². The third kappa shape index (κ3) is 6.00. The van der Waals surface area contributed by atoms with Gasteiger partial charge in [0.1, 0.15) is 0 Å². The van der Waals surface area contributed by atoms with Crippen LogP contribution in [0.5, 0.6) is 0 Å². The van der Waals surface area contributed by atoms with Crippen molar-refractivity contribution in [3.63, 3.8) is 0 Å². The summed E-state index contributed by atoms with van der Waals surface area (Å²) in [4.78, 5) is 25.2. The summed E-state index contributed by atoms with van der Waals surface area (Å²) in [6.07, 6.45) is 0. The van der Waals surface area contributed by atoms with Crippen molar-refractivity contribution in [2.75, 3.05) is 13.7 Å². The number of hydrogen-bond donors (Lipinski definition) is 1. The quantitative estimate of drug-likeness (QED) is 0.752. The molecule has 1 unspecified atom stereocenters. The number of nitrogens with one attached hydrogen (secondary N) is 1. The molecule has 0 aliphatic rings. The van der Waals surface area contributed by atoms with Gasteiger partial charge in [0.25, 0.3) is 0 Å². The first-order chi connectivity index (χ1) is 8.08. The summed E-state index contributed by atoms with van der Waals surface area (Å²) in [6, 6.07) is -0.284. The van der Waals surface area contributed by atoms with Crippen LogP contribution in [0, 0.1) is 0 Å². The van der Waals surface area contributed by atoms with Gasteiger partial charge in [0.2, 0.25) is 5.91 Å². The standard InChI is InChI=1S/C13H26N2O3/c1-9(2)15(8-11(16)18-7)10(3)12(17)14-13(4,5)6/h9-10H,8H2,1-7H3,(H,14,17). The van der Waals surface area contributed by atoms with Crippen LogP contribution in [0.3, 0.4) is 0 Å². The fourth-order valence-electron chi connectivity index (χ4n) is 1.60. The minimum atomic E-state index is -0.372. The zero-order valence-corrected chi connectivity index (χ0v) is 12.5. The highest BCUT2D eigenvalue weighted by atomic mass is 16.5. The maximum Gasteiger partial charge on any atom is 0.319 e. The summed E-state index contributed by atoms with van der Waals surface area (Å²) in [6.45, 7) is 11.6. The first-order valence-electron chi connectivity index (χ1n) is 6.23. The molecule has 0 aromatic rings. The number of carbonyl (C=O) groups excluding carboxylic acids is 2. The average molecular weight is 258 g/mol. The molecule has 0 saturated carbocycles. The molecule has 0 heterocycles. The molecule has 1 amide bonds. The fourth-order valence-corrected chi connectivity index (χ4v) is 1.60. The van der Waals surface area contributed by atoms with Crippen LogP contribution in [0.15, 0.2) is 0 Å². The molecule has 0 spiro atoms. The van der Waals surface area contributed by atoms with Crippen LogP contribution in [-0.4, -0.2) is 48.1 Å². The molecule has 1 atom stereocenters. The second-order valence-corrected chi connectivity index (χ2v) is 5.76. The maximum atomic E-state index is 12.1. The predicted octanol–water partition coefficient (Wildman–Crippen LogP) is 1.17. The lowest BCUT2D eigenvalue weighted by Crippen LogP contribution is -2.53. The van der Waals surface area contributed by atoms with E-state index in [2.05, 4.69) is 10.1 Å². The van der Waals surface area contributed by atoms with Crippen LogP contribution in [0.2, 0.25) is 0 Å². The van der Waals surface area contributed by atoms with E-state index in [9.17, 15) is 9.59 Å². The van der Waals surface area contributed by atoms with E-state index in [0.717, 1.165) is 0 Å². The normalized spacial score (nSPS) is 13.6. The highest BCUT2D eigenvalue weighted by Crippen LogP contribution is 2.08. The number of ether oxygens (including phenoxy) is 1. The van der Waals surface area contributed by atoms with E-state index in [-0.39, 0.29) is 36.0 Å². The van der Waals surface area contributed by atoms with E-state index in [4.69, 9.17) is 0 Å². The van der Waals surface area contributed by atoms with Crippen molar-refractivity contribution in [3.05, 3.63) is 0 Å². The van der Waals surface area contributed by atoms with Crippen molar-refractivity contribution < 1.29 is 14.3 Å². The molecule has 0 aromatic heterocycles. The summed E-state index contributed by atoms with van der Waals surface area (Å²) in [5.41, 5.74) is -0.279. The Kier molecular flexibility index (Phi) is 6.32. The predicted molar refractivity (Wildman–Crippen MR) is 71.2 cm³/mol. The lowest BCUT2D eigenvalue weighted by atomic mass is 10.1. The molecule has 0 saturated heterocycles. The van der Waals surface area contributed by atoms with Crippen molar-refractivity contribution in [3.8, 4) is 0 Å². The molecular formula is C13H26N2O3. The second-order valence-electron chi connectivity index (χ2n) is 5.76. The minimum Gasteiger partial charge on any atom is -0.468 e. The number of hydrogen-bond acceptors (Lipinski definition) is 4. The Morgan fingerprint density at radius 1 is 1.22 bits per heavy atom. The Morgan fingerprint density at radius 2 is 1.72 bits per heavy atom. The highest BCUT2D eigenvalue weighted by molar-refractivity contribution is 5.82. The van der Waals surface area contributed by atoms with Crippen LogP contribution in [0.25, 0.3) is 0 Å². The van der Waals surface area contributed by atoms with Crippen LogP contribution < -0.4 is 5.32 Å². The van der Waals surface area contributed by atoms with E-state index in [1.807, 2.05) is 39.5 Å². The Hall–Kier alpha value is -1.10. The van der Waals surface area contributed by atoms with Gasteiger partial charge in [0, 0.05) is 11.6 Å². The molecule has 5 nitrogen and oxygen atoms in total. The highest BCUT2D eigenvalue weighted by Gasteiger charge is 2.27. The van der Waals surface area contributed by atoms with Crippen molar-refractivity contribution in [2.24, 2.45) is 0 Å². The van der Waals surface area contributed by atoms with Gasteiger partial charge >= 0.3 is 5.97 Å². The SMILES string of the molecule is COC(=O)CN(C(C)C)C(C)C(=O)NC(C)(C)C. The molecule has 18 heavy (non-hydrogen) atoms. The minimum absolute atomic E-state index is 0.0832. The van der Waals surface area contributed by atoms with E-state index >= 15 is 0 Å². The molecule has 0 aliphatic heterocycles. The summed E-state index contributed by atoms with van der Waals surface area (Å²) < 4.78 is 4.65. The third-order valence-electron chi connectivity index (χ3n) is 2.58. The second kappa shape index (κ2) is 6.73. The molecule has 0 aliphatic carbocycles. The van der Waals surface area contributed by atoms with E-state index < -0.39 is 0 Å². The number of methoxy groups -OCH3 is 1. The molecular weight excluding hydrogens is 232 g/mol. The van der Waals surface area contributed by atoms with Crippen LogP contribution in [0.4, 0.5) is 0 Å². The number of rotatable bonds is 5. The Morgan fingerprint density at radius 3 is 2.06 bits per heavy atom. The molecule has 106 valence electrons. The van der Waals surface area contributed by atoms with Crippen molar-refractivity contribution in [1.29, 1.82) is 0 Å². The largest absolute Gasteiger partial charge is 0.468 e. The van der Waals surface area contributed by atoms with E-state index in [1.165, 1.54) is 7.11 Å². The Balaban J connectivity index is 4.71. The Labute approximate surface area is 110 Å². The Bertz CT molecular complexity index is 295. The van der Waals surface area contributed by atoms with Gasteiger partial charge in [0.15, 0.2) is 0 Å². The van der Waals surface area contributed by atoms with Crippen molar-refractivity contribution in [2.45, 2.75) is 59.2 Å². The number of nitrogens with zero attached hydrogens (tertiary/aromatic N) is 1. The number of esters is 1. The van der Waals surface area contributed by atoms with Crippen molar-refractivity contribution >= 4 is 11.9 Å². The third-order valence-corrected chi connectivity index (χ3v) is 2.58. The van der Waals surface area contributed by atoms with E-state index in [0.29, 0.717) is 0 Å². The summed E-state index contributed by atoms with van der Waals surface area (Å²) in [7, 11) is 1.35. The lowest BCUT2D eigenvalue weighted by molar-refractivity contribution is -0.144. The molecule has 0 bridgehead atoms. The smallest absolute Gasteiger partial charge is 0.319 e. The average Bonchev–Trinajstić information content (AvgIpc) is 2.21. The fraction of sp³-hybridized carbons (Fsp3) is 0.846. The summed E-state index contributed by atoms with van der Waals surface area (Å²) >= 11 is 0. The molecule has 1 N–H and O–H groups in total. The lowest BCUT2D eigenvalue weighted by Gasteiger charge is -2.32. The van der Waals surface area contributed by atoms with Gasteiger partial charge in [-0.2, -0.15) is 0 Å². The molecule has 0 aromatic carbocycles. The van der Waals surface area contributed by atoms with Gasteiger partial charge in [-0.15, -0.1) is 0 Å². The van der Waals surface area contributed by atoms with Gasteiger partial charge < -0.3 is 10.1 Å². The van der Waals surface area contributed by atoms with Gasteiger partial charge in [-0.1, -0.05) is 0 Å². The van der Waals surface area contributed by atoms with Crippen LogP contribution >= 0.6 is 0 Å². The first kappa shape index (κ1) is 16.9. The summed E-state index contributed by atoms with van der Waals surface area (Å²) in [5, 5.41) is 2.91. The monoisotopic (exact) mass is 258 g/mol. The zero-order chi connectivity index (χ0) is 14.5. The molecule has 0 rings (SSSR count). The van der Waals surface area contributed by atoms with Gasteiger partial charge in [-0.25, -0.2) is 0 Å². The number of carbonyl (C=O) groups is 2. The maximum absolute atomic E-state index is 12.1. The molecule has 5 heteroatoms. The summed E-state index contributed by atoms with van der Waals surface area (Å²) in [5.74, 6) is -0.417. The number of amides is 1. The van der Waals surface area contributed by atoms with Gasteiger partial charge in [0.05, 0.1) is 19.7 Å². The topological polar surface area (TPSA) is 58.6 Å². The molecule has 0 fully saturated rings. The first-order valence-corrected chi connectivity index (χ1v) is 6.23. The van der Waals surface area contributed by atoms with Gasteiger partial charge in [-0.3, -0.25) is 14.5 Å². The van der Waals surface area contributed by atoms with E-state index in [1.54, 1.807) is 6.92 Å². The van der Waals surface area contributed by atoms with Crippen molar-refractivity contribution in [1.82, 2.24) is 10.2 Å². The van der Waals surface area contributed by atoms with Gasteiger partial charge in [-0.05, 0) is 41.5 Å².